The van der Waals surface area contributed by atoms with E-state index < -0.39 is 29.2 Å². The van der Waals surface area contributed by atoms with Gasteiger partial charge in [0.15, 0.2) is 0 Å². The summed E-state index contributed by atoms with van der Waals surface area (Å²) in [5.41, 5.74) is -1.21. The average molecular weight is 361 g/mol. The Labute approximate surface area is 144 Å². The highest BCUT2D eigenvalue weighted by Gasteiger charge is 2.31. The fraction of sp³-hybridized carbons (Fsp3) is 0.529. The molecule has 0 bridgehead atoms. The number of carbonyl (C=O) groups is 2. The number of carboxylic acids is 1. The molecule has 2 atom stereocenters. The van der Waals surface area contributed by atoms with Crippen LogP contribution < -0.4 is 5.32 Å². The molecule has 5 nitrogen and oxygen atoms in total. The Morgan fingerprint density at radius 2 is 1.80 bits per heavy atom. The van der Waals surface area contributed by atoms with Gasteiger partial charge in [0.25, 0.3) is 0 Å². The van der Waals surface area contributed by atoms with Crippen LogP contribution in [0.2, 0.25) is 0 Å². The van der Waals surface area contributed by atoms with E-state index in [-0.39, 0.29) is 25.4 Å². The van der Waals surface area contributed by atoms with E-state index in [1.165, 1.54) is 19.2 Å². The van der Waals surface area contributed by atoms with Gasteiger partial charge in [0.05, 0.1) is 24.1 Å². The number of rotatable bonds is 8. The first-order chi connectivity index (χ1) is 11.5. The van der Waals surface area contributed by atoms with E-state index >= 15 is 0 Å². The first-order valence-corrected chi connectivity index (χ1v) is 7.66. The number of ether oxygens (including phenoxy) is 1. The van der Waals surface area contributed by atoms with Gasteiger partial charge in [0.1, 0.15) is 0 Å². The number of carboxylic acid groups (broad SMARTS) is 1. The van der Waals surface area contributed by atoms with Crippen molar-refractivity contribution in [3.8, 4) is 0 Å². The van der Waals surface area contributed by atoms with E-state index in [1.54, 1.807) is 13.8 Å². The average Bonchev–Trinajstić information content (AvgIpc) is 2.45. The quantitative estimate of drug-likeness (QED) is 0.746. The topological polar surface area (TPSA) is 75.6 Å². The molecule has 2 N–H and O–H groups in total. The molecule has 140 valence electrons. The molecule has 0 heterocycles. The minimum Gasteiger partial charge on any atom is -0.481 e. The van der Waals surface area contributed by atoms with Gasteiger partial charge in [0.2, 0.25) is 5.91 Å². The molecule has 25 heavy (non-hydrogen) atoms. The smallest absolute Gasteiger partial charge is 0.416 e. The van der Waals surface area contributed by atoms with Gasteiger partial charge in [-0.3, -0.25) is 9.59 Å². The van der Waals surface area contributed by atoms with Gasteiger partial charge < -0.3 is 15.2 Å². The van der Waals surface area contributed by atoms with Gasteiger partial charge in [-0.1, -0.05) is 19.1 Å². The van der Waals surface area contributed by atoms with Crippen molar-refractivity contribution in [2.45, 2.75) is 44.3 Å². The molecule has 2 unspecified atom stereocenters. The molecule has 1 amide bonds. The lowest BCUT2D eigenvalue weighted by Crippen LogP contribution is -2.51. The standard InChI is InChI=1S/C17H22F3NO4/c1-11(12-4-6-13(7-5-12)17(18,19)20)8-14(22)21-16(2,10-25-3)9-15(23)24/h4-7,11H,8-10H2,1-3H3,(H,21,22)(H,23,24). The van der Waals surface area contributed by atoms with E-state index in [0.29, 0.717) is 5.56 Å². The molecule has 0 aliphatic rings. The van der Waals surface area contributed by atoms with Crippen molar-refractivity contribution < 1.29 is 32.6 Å². The Morgan fingerprint density at radius 1 is 1.24 bits per heavy atom. The maximum absolute atomic E-state index is 12.6. The van der Waals surface area contributed by atoms with E-state index in [0.717, 1.165) is 12.1 Å². The molecule has 0 saturated heterocycles. The van der Waals surface area contributed by atoms with E-state index in [9.17, 15) is 22.8 Å². The molecule has 0 radical (unpaired) electrons. The summed E-state index contributed by atoms with van der Waals surface area (Å²) in [6, 6.07) is 4.63. The van der Waals surface area contributed by atoms with Crippen molar-refractivity contribution in [3.63, 3.8) is 0 Å². The van der Waals surface area contributed by atoms with E-state index in [2.05, 4.69) is 5.32 Å². The number of halogens is 3. The number of amides is 1. The van der Waals surface area contributed by atoms with Gasteiger partial charge in [-0.05, 0) is 30.5 Å². The second kappa shape index (κ2) is 8.33. The number of carbonyl (C=O) groups excluding carboxylic acids is 1. The number of benzene rings is 1. The summed E-state index contributed by atoms with van der Waals surface area (Å²) in [4.78, 5) is 23.1. The van der Waals surface area contributed by atoms with Gasteiger partial charge in [-0.15, -0.1) is 0 Å². The number of alkyl halides is 3. The Bertz CT molecular complexity index is 601. The first-order valence-electron chi connectivity index (χ1n) is 7.66. The van der Waals surface area contributed by atoms with Crippen LogP contribution in [0.15, 0.2) is 24.3 Å². The first kappa shape index (κ1) is 21.0. The predicted octanol–water partition coefficient (Wildman–Crippen LogP) is 3.20. The molecule has 8 heteroatoms. The highest BCUT2D eigenvalue weighted by atomic mass is 19.4. The monoisotopic (exact) mass is 361 g/mol. The Morgan fingerprint density at radius 3 is 2.24 bits per heavy atom. The third-order valence-electron chi connectivity index (χ3n) is 3.74. The fourth-order valence-corrected chi connectivity index (χ4v) is 2.57. The number of aliphatic carboxylic acids is 1. The summed E-state index contributed by atoms with van der Waals surface area (Å²) in [5, 5.41) is 11.6. The number of hydrogen-bond donors (Lipinski definition) is 2. The van der Waals surface area contributed by atoms with Crippen LogP contribution in [0.5, 0.6) is 0 Å². The van der Waals surface area contributed by atoms with E-state index in [1.807, 2.05) is 0 Å². The normalized spacial score (nSPS) is 15.3. The second-order valence-corrected chi connectivity index (χ2v) is 6.34. The molecule has 0 aromatic heterocycles. The van der Waals surface area contributed by atoms with E-state index in [4.69, 9.17) is 9.84 Å². The molecular weight excluding hydrogens is 339 g/mol. The zero-order chi connectivity index (χ0) is 19.3. The summed E-state index contributed by atoms with van der Waals surface area (Å²) in [7, 11) is 1.40. The van der Waals surface area contributed by atoms with Crippen LogP contribution in [0, 0.1) is 0 Å². The lowest BCUT2D eigenvalue weighted by atomic mass is 9.94. The molecule has 1 aromatic rings. The SMILES string of the molecule is COCC(C)(CC(=O)O)NC(=O)CC(C)c1ccc(C(F)(F)F)cc1. The van der Waals surface area contributed by atoms with Crippen LogP contribution in [-0.4, -0.2) is 36.2 Å². The van der Waals surface area contributed by atoms with Crippen LogP contribution in [0.3, 0.4) is 0 Å². The zero-order valence-corrected chi connectivity index (χ0v) is 14.3. The maximum Gasteiger partial charge on any atom is 0.416 e. The van der Waals surface area contributed by atoms with Gasteiger partial charge >= 0.3 is 12.1 Å². The molecular formula is C17H22F3NO4. The van der Waals surface area contributed by atoms with Crippen LogP contribution in [0.4, 0.5) is 13.2 Å². The Kier molecular flexibility index (Phi) is 6.98. The third kappa shape index (κ3) is 6.74. The summed E-state index contributed by atoms with van der Waals surface area (Å²) < 4.78 is 42.7. The maximum atomic E-state index is 12.6. The summed E-state index contributed by atoms with van der Waals surface area (Å²) in [5.74, 6) is -1.79. The van der Waals surface area contributed by atoms with Gasteiger partial charge in [-0.25, -0.2) is 0 Å². The summed E-state index contributed by atoms with van der Waals surface area (Å²) in [6.07, 6.45) is -4.69. The highest BCUT2D eigenvalue weighted by Crippen LogP contribution is 2.30. The Balaban J connectivity index is 2.73. The molecule has 0 saturated carbocycles. The van der Waals surface area contributed by atoms with Crippen LogP contribution in [-0.2, 0) is 20.5 Å². The van der Waals surface area contributed by atoms with Crippen LogP contribution >= 0.6 is 0 Å². The van der Waals surface area contributed by atoms with Crippen molar-refractivity contribution in [3.05, 3.63) is 35.4 Å². The predicted molar refractivity (Wildman–Crippen MR) is 85.2 cm³/mol. The number of methoxy groups -OCH3 is 1. The van der Waals surface area contributed by atoms with Crippen molar-refractivity contribution in [2.24, 2.45) is 0 Å². The summed E-state index contributed by atoms with van der Waals surface area (Å²) in [6.45, 7) is 3.30. The molecule has 0 aliphatic heterocycles. The highest BCUT2D eigenvalue weighted by molar-refractivity contribution is 5.79. The van der Waals surface area contributed by atoms with Crippen molar-refractivity contribution in [1.82, 2.24) is 5.32 Å². The second-order valence-electron chi connectivity index (χ2n) is 6.34. The summed E-state index contributed by atoms with van der Waals surface area (Å²) >= 11 is 0. The van der Waals surface area contributed by atoms with Crippen molar-refractivity contribution in [1.29, 1.82) is 0 Å². The van der Waals surface area contributed by atoms with Gasteiger partial charge in [0, 0.05) is 13.5 Å². The lowest BCUT2D eigenvalue weighted by Gasteiger charge is -2.29. The molecule has 0 spiro atoms. The zero-order valence-electron chi connectivity index (χ0n) is 14.3. The Hall–Kier alpha value is -2.09. The number of hydrogen-bond acceptors (Lipinski definition) is 3. The van der Waals surface area contributed by atoms with Gasteiger partial charge in [-0.2, -0.15) is 13.2 Å². The van der Waals surface area contributed by atoms with Crippen molar-refractivity contribution in [2.75, 3.05) is 13.7 Å². The lowest BCUT2D eigenvalue weighted by molar-refractivity contribution is -0.140. The molecule has 1 rings (SSSR count). The molecule has 0 fully saturated rings. The van der Waals surface area contributed by atoms with Crippen LogP contribution in [0.25, 0.3) is 0 Å². The minimum absolute atomic E-state index is 0.0181. The molecule has 1 aromatic carbocycles. The third-order valence-corrected chi connectivity index (χ3v) is 3.74. The largest absolute Gasteiger partial charge is 0.481 e. The number of nitrogens with one attached hydrogen (secondary N) is 1. The fourth-order valence-electron chi connectivity index (χ4n) is 2.57. The van der Waals surface area contributed by atoms with Crippen LogP contribution in [0.1, 0.15) is 43.7 Å². The molecule has 0 aliphatic carbocycles. The van der Waals surface area contributed by atoms with Crippen molar-refractivity contribution >= 4 is 11.9 Å². The minimum atomic E-state index is -4.40.